The fraction of sp³-hybridized carbons (Fsp3) is 0.133. The molecule has 0 spiro atoms. The first-order valence-electron chi connectivity index (χ1n) is 5.67. The van der Waals surface area contributed by atoms with Crippen LogP contribution in [0.3, 0.4) is 0 Å². The summed E-state index contributed by atoms with van der Waals surface area (Å²) in [5.41, 5.74) is 2.23. The molecule has 0 aliphatic heterocycles. The first kappa shape index (κ1) is 15.4. The van der Waals surface area contributed by atoms with Gasteiger partial charge in [0.1, 0.15) is 17.9 Å². The van der Waals surface area contributed by atoms with Crippen molar-refractivity contribution >= 4 is 5.97 Å². The van der Waals surface area contributed by atoms with E-state index in [-0.39, 0.29) is 37.4 Å². The number of benzene rings is 2. The number of carbonyl (C=O) groups is 1. The molecule has 19 heavy (non-hydrogen) atoms. The van der Waals surface area contributed by atoms with Gasteiger partial charge in [-0.15, -0.1) is 0 Å². The van der Waals surface area contributed by atoms with Crippen LogP contribution in [0.1, 0.15) is 21.5 Å². The maximum absolute atomic E-state index is 11.7. The van der Waals surface area contributed by atoms with Gasteiger partial charge < -0.3 is 9.84 Å². The van der Waals surface area contributed by atoms with E-state index in [0.29, 0.717) is 0 Å². The Morgan fingerprint density at radius 2 is 1.89 bits per heavy atom. The Morgan fingerprint density at radius 1 is 1.16 bits per heavy atom. The average molecular weight is 308 g/mol. The Morgan fingerprint density at radius 3 is 2.58 bits per heavy atom. The van der Waals surface area contributed by atoms with Gasteiger partial charge in [-0.25, -0.2) is 4.79 Å². The predicted octanol–water partition coefficient (Wildman–Crippen LogP) is 3.06. The van der Waals surface area contributed by atoms with E-state index in [4.69, 9.17) is 4.74 Å². The Labute approximate surface area is 125 Å². The maximum atomic E-state index is 11.7. The number of phenols is 1. The zero-order valence-corrected chi connectivity index (χ0v) is 13.8. The fourth-order valence-corrected chi connectivity index (χ4v) is 1.67. The Bertz CT molecular complexity index is 567. The summed E-state index contributed by atoms with van der Waals surface area (Å²) in [7, 11) is 0. The molecule has 94 valence electrons. The molecule has 0 bridgehead atoms. The molecule has 2 aromatic carbocycles. The number of esters is 1. The molecular weight excluding hydrogens is 294 g/mol. The van der Waals surface area contributed by atoms with Crippen LogP contribution >= 0.6 is 0 Å². The van der Waals surface area contributed by atoms with Gasteiger partial charge in [0, 0.05) is 19.5 Å². The van der Waals surface area contributed by atoms with Gasteiger partial charge in [0.05, 0.1) is 0 Å². The molecule has 0 atom stereocenters. The molecule has 4 heteroatoms. The minimum absolute atomic E-state index is 0. The van der Waals surface area contributed by atoms with Gasteiger partial charge in [0.2, 0.25) is 0 Å². The van der Waals surface area contributed by atoms with Crippen molar-refractivity contribution in [2.45, 2.75) is 13.5 Å². The van der Waals surface area contributed by atoms with Crippen LogP contribution in [0.2, 0.25) is 0 Å². The summed E-state index contributed by atoms with van der Waals surface area (Å²) in [5.74, 6) is -0.582. The zero-order chi connectivity index (χ0) is 13.0. The van der Waals surface area contributed by atoms with Crippen molar-refractivity contribution in [1.82, 2.24) is 0 Å². The number of hydrogen-bond donors (Lipinski definition) is 1. The number of hydrogen-bond acceptors (Lipinski definition) is 3. The molecule has 0 saturated carbocycles. The summed E-state index contributed by atoms with van der Waals surface area (Å²) in [6.07, 6.45) is 0. The van der Waals surface area contributed by atoms with Crippen LogP contribution in [0.15, 0.2) is 48.5 Å². The standard InChI is InChI=1S/C15H14O3.Zn/c1-11-5-4-6-12(9-11)10-18-15(17)13-7-2-3-8-14(13)16;/h2-9,16H,10H2,1H3;. The van der Waals surface area contributed by atoms with Crippen molar-refractivity contribution in [3.8, 4) is 5.75 Å². The van der Waals surface area contributed by atoms with Crippen molar-refractivity contribution in [3.05, 3.63) is 65.2 Å². The monoisotopic (exact) mass is 306 g/mol. The van der Waals surface area contributed by atoms with E-state index in [0.717, 1.165) is 11.1 Å². The predicted molar refractivity (Wildman–Crippen MR) is 68.4 cm³/mol. The van der Waals surface area contributed by atoms with E-state index in [9.17, 15) is 9.90 Å². The van der Waals surface area contributed by atoms with E-state index in [2.05, 4.69) is 0 Å². The molecular formula is C15H14O3Zn. The quantitative estimate of drug-likeness (QED) is 0.700. The molecule has 0 fully saturated rings. The number of carbonyl (C=O) groups excluding carboxylic acids is 1. The minimum Gasteiger partial charge on any atom is -0.507 e. The molecule has 0 radical (unpaired) electrons. The Kier molecular flexibility index (Phi) is 5.71. The second-order valence-corrected chi connectivity index (χ2v) is 4.08. The first-order valence-corrected chi connectivity index (χ1v) is 5.67. The van der Waals surface area contributed by atoms with Crippen LogP contribution in [-0.2, 0) is 30.8 Å². The van der Waals surface area contributed by atoms with Gasteiger partial charge in [0.25, 0.3) is 0 Å². The molecule has 2 aromatic rings. The van der Waals surface area contributed by atoms with Crippen LogP contribution in [0.4, 0.5) is 0 Å². The molecule has 0 aliphatic rings. The third-order valence-electron chi connectivity index (χ3n) is 2.58. The molecule has 0 amide bonds. The first-order chi connectivity index (χ1) is 8.66. The summed E-state index contributed by atoms with van der Waals surface area (Å²) in [6.45, 7) is 2.18. The largest absolute Gasteiger partial charge is 0.507 e. The molecule has 3 nitrogen and oxygen atoms in total. The smallest absolute Gasteiger partial charge is 0.342 e. The summed E-state index contributed by atoms with van der Waals surface area (Å²) in [4.78, 5) is 11.7. The van der Waals surface area contributed by atoms with E-state index < -0.39 is 5.97 Å². The van der Waals surface area contributed by atoms with Gasteiger partial charge in [-0.2, -0.15) is 0 Å². The van der Waals surface area contributed by atoms with Crippen molar-refractivity contribution in [3.63, 3.8) is 0 Å². The summed E-state index contributed by atoms with van der Waals surface area (Å²) in [6, 6.07) is 14.1. The average Bonchev–Trinajstić information content (AvgIpc) is 2.37. The van der Waals surface area contributed by atoms with E-state index in [1.54, 1.807) is 12.1 Å². The van der Waals surface area contributed by atoms with Crippen LogP contribution in [-0.4, -0.2) is 11.1 Å². The number of rotatable bonds is 3. The minimum atomic E-state index is -0.519. The molecule has 0 saturated heterocycles. The maximum Gasteiger partial charge on any atom is 0.342 e. The van der Waals surface area contributed by atoms with Gasteiger partial charge in [0.15, 0.2) is 0 Å². The van der Waals surface area contributed by atoms with Gasteiger partial charge in [-0.1, -0.05) is 42.0 Å². The van der Waals surface area contributed by atoms with Gasteiger partial charge in [-0.3, -0.25) is 0 Å². The van der Waals surface area contributed by atoms with E-state index >= 15 is 0 Å². The molecule has 1 N–H and O–H groups in total. The van der Waals surface area contributed by atoms with E-state index in [1.807, 2.05) is 31.2 Å². The number of aromatic hydroxyl groups is 1. The number of para-hydroxylation sites is 1. The van der Waals surface area contributed by atoms with Crippen molar-refractivity contribution in [2.24, 2.45) is 0 Å². The fourth-order valence-electron chi connectivity index (χ4n) is 1.67. The van der Waals surface area contributed by atoms with Gasteiger partial charge >= 0.3 is 5.97 Å². The van der Waals surface area contributed by atoms with E-state index in [1.165, 1.54) is 12.1 Å². The Hall–Kier alpha value is -1.67. The van der Waals surface area contributed by atoms with Crippen LogP contribution in [0.25, 0.3) is 0 Å². The molecule has 2 rings (SSSR count). The topological polar surface area (TPSA) is 46.5 Å². The second kappa shape index (κ2) is 7.05. The number of ether oxygens (including phenoxy) is 1. The van der Waals surface area contributed by atoms with Gasteiger partial charge in [-0.05, 0) is 24.6 Å². The van der Waals surface area contributed by atoms with Crippen LogP contribution in [0.5, 0.6) is 5.75 Å². The summed E-state index contributed by atoms with van der Waals surface area (Å²) < 4.78 is 5.15. The molecule has 0 aromatic heterocycles. The van der Waals surface area contributed by atoms with Crippen molar-refractivity contribution < 1.29 is 34.1 Å². The van der Waals surface area contributed by atoms with Crippen LogP contribution in [0, 0.1) is 6.92 Å². The van der Waals surface area contributed by atoms with Crippen molar-refractivity contribution in [1.29, 1.82) is 0 Å². The summed E-state index contributed by atoms with van der Waals surface area (Å²) in [5, 5.41) is 9.52. The van der Waals surface area contributed by atoms with Crippen molar-refractivity contribution in [2.75, 3.05) is 0 Å². The zero-order valence-electron chi connectivity index (χ0n) is 10.8. The summed E-state index contributed by atoms with van der Waals surface area (Å²) >= 11 is 0. The number of aryl methyl sites for hydroxylation is 1. The van der Waals surface area contributed by atoms with Crippen LogP contribution < -0.4 is 0 Å². The second-order valence-electron chi connectivity index (χ2n) is 4.08. The molecule has 0 heterocycles. The SMILES string of the molecule is Cc1cccc(COC(=O)c2ccccc2O)c1.[Zn]. The normalized spacial score (nSPS) is 9.53. The third kappa shape index (κ3) is 4.18. The number of phenolic OH excluding ortho intramolecular Hbond substituents is 1. The third-order valence-corrected chi connectivity index (χ3v) is 2.58. The molecule has 0 aliphatic carbocycles. The Balaban J connectivity index is 0.00000180. The molecule has 0 unspecified atom stereocenters.